The Morgan fingerprint density at radius 3 is 2.61 bits per heavy atom. The van der Waals surface area contributed by atoms with Gasteiger partial charge in [-0.1, -0.05) is 43.5 Å². The number of benzene rings is 1. The Bertz CT molecular complexity index is 947. The van der Waals surface area contributed by atoms with Crippen LogP contribution in [0, 0.1) is 5.95 Å². The number of rotatable bonds is 10. The zero-order chi connectivity index (χ0) is 21.5. The average molecular weight is 423 g/mol. The molecule has 1 aliphatic rings. The van der Waals surface area contributed by atoms with Gasteiger partial charge in [-0.3, -0.25) is 4.90 Å². The molecule has 0 amide bonds. The topological polar surface area (TPSA) is 35.2 Å². The fourth-order valence-corrected chi connectivity index (χ4v) is 4.89. The molecule has 0 radical (unpaired) electrons. The second-order valence-electron chi connectivity index (χ2n) is 9.00. The van der Waals surface area contributed by atoms with Crippen molar-refractivity contribution in [2.45, 2.75) is 64.1 Å². The normalized spacial score (nSPS) is 15.4. The molecule has 5 heteroatoms. The number of nitrogens with one attached hydrogen (secondary N) is 1. The smallest absolute Gasteiger partial charge is 0.213 e. The molecular weight excluding hydrogens is 387 g/mol. The van der Waals surface area contributed by atoms with E-state index in [2.05, 4.69) is 57.3 Å². The summed E-state index contributed by atoms with van der Waals surface area (Å²) in [6.45, 7) is 3.64. The molecule has 1 N–H and O–H groups in total. The summed E-state index contributed by atoms with van der Waals surface area (Å²) >= 11 is 0. The highest BCUT2D eigenvalue weighted by molar-refractivity contribution is 5.82. The monoisotopic (exact) mass is 422 g/mol. The van der Waals surface area contributed by atoms with Crippen LogP contribution in [0.3, 0.4) is 0 Å². The van der Waals surface area contributed by atoms with Gasteiger partial charge in [0.2, 0.25) is 5.95 Å². The minimum Gasteiger partial charge on any atom is -0.361 e. The zero-order valence-corrected chi connectivity index (χ0v) is 18.7. The standard InChI is InChI=1S/C26H35FN4/c1-30(23-11-3-2-4-12-23)16-7-8-17-31(20-22-10-9-15-26(27)29-22)19-21-18-28-25-14-6-5-13-24(21)25/h5-6,9-10,13-15,18,23,28H,2-4,7-8,11-12,16-17,19-20H2,1H3. The summed E-state index contributed by atoms with van der Waals surface area (Å²) in [6.07, 6.45) is 11.3. The van der Waals surface area contributed by atoms with Crippen LogP contribution in [-0.2, 0) is 13.1 Å². The number of hydrogen-bond acceptors (Lipinski definition) is 3. The Kier molecular flexibility index (Phi) is 7.71. The largest absolute Gasteiger partial charge is 0.361 e. The lowest BCUT2D eigenvalue weighted by Crippen LogP contribution is -2.34. The lowest BCUT2D eigenvalue weighted by Gasteiger charge is -2.31. The molecule has 4 rings (SSSR count). The molecule has 0 atom stereocenters. The predicted octanol–water partition coefficient (Wildman–Crippen LogP) is 5.75. The minimum atomic E-state index is -0.404. The highest BCUT2D eigenvalue weighted by Crippen LogP contribution is 2.23. The Morgan fingerprint density at radius 1 is 0.968 bits per heavy atom. The molecule has 0 bridgehead atoms. The SMILES string of the molecule is CN(CCCCN(Cc1cccc(F)n1)Cc1c[nH]c2ccccc12)C1CCCCC1. The number of halogens is 1. The van der Waals surface area contributed by atoms with Crippen LogP contribution in [0.15, 0.2) is 48.7 Å². The van der Waals surface area contributed by atoms with Gasteiger partial charge in [0.15, 0.2) is 0 Å². The molecule has 2 aromatic heterocycles. The molecule has 1 aromatic carbocycles. The molecule has 166 valence electrons. The summed E-state index contributed by atoms with van der Waals surface area (Å²) in [5.41, 5.74) is 3.24. The molecular formula is C26H35FN4. The number of unbranched alkanes of at least 4 members (excludes halogenated alkanes) is 1. The molecule has 31 heavy (non-hydrogen) atoms. The van der Waals surface area contributed by atoms with Crippen molar-refractivity contribution in [3.63, 3.8) is 0 Å². The first-order valence-electron chi connectivity index (χ1n) is 11.8. The van der Waals surface area contributed by atoms with Gasteiger partial charge in [0.05, 0.1) is 5.69 Å². The number of fused-ring (bicyclic) bond motifs is 1. The quantitative estimate of drug-likeness (QED) is 0.334. The lowest BCUT2D eigenvalue weighted by molar-refractivity contribution is 0.182. The van der Waals surface area contributed by atoms with E-state index in [0.717, 1.165) is 43.3 Å². The lowest BCUT2D eigenvalue weighted by atomic mass is 9.94. The molecule has 3 aromatic rings. The highest BCUT2D eigenvalue weighted by Gasteiger charge is 2.17. The summed E-state index contributed by atoms with van der Waals surface area (Å²) in [4.78, 5) is 12.4. The summed E-state index contributed by atoms with van der Waals surface area (Å²) in [5, 5.41) is 1.26. The van der Waals surface area contributed by atoms with Crippen LogP contribution in [0.2, 0.25) is 0 Å². The van der Waals surface area contributed by atoms with E-state index in [9.17, 15) is 4.39 Å². The minimum absolute atomic E-state index is 0.404. The van der Waals surface area contributed by atoms with Crippen molar-refractivity contribution in [3.8, 4) is 0 Å². The summed E-state index contributed by atoms with van der Waals surface area (Å²) in [5.74, 6) is -0.404. The third-order valence-electron chi connectivity index (χ3n) is 6.66. The van der Waals surface area contributed by atoms with Crippen LogP contribution in [0.1, 0.15) is 56.2 Å². The second kappa shape index (κ2) is 10.9. The Hall–Kier alpha value is -2.24. The summed E-state index contributed by atoms with van der Waals surface area (Å²) in [6, 6.07) is 14.3. The number of aromatic nitrogens is 2. The van der Waals surface area contributed by atoms with Gasteiger partial charge in [0.25, 0.3) is 0 Å². The number of aromatic amines is 1. The van der Waals surface area contributed by atoms with Crippen molar-refractivity contribution in [1.29, 1.82) is 0 Å². The maximum Gasteiger partial charge on any atom is 0.213 e. The van der Waals surface area contributed by atoms with Gasteiger partial charge in [-0.05, 0) is 69.6 Å². The van der Waals surface area contributed by atoms with Crippen LogP contribution in [0.4, 0.5) is 4.39 Å². The van der Waals surface area contributed by atoms with Crippen LogP contribution < -0.4 is 0 Å². The Labute approximate surface area is 185 Å². The van der Waals surface area contributed by atoms with Crippen molar-refractivity contribution in [1.82, 2.24) is 19.8 Å². The second-order valence-corrected chi connectivity index (χ2v) is 9.00. The first-order chi connectivity index (χ1) is 15.2. The molecule has 1 fully saturated rings. The van der Waals surface area contributed by atoms with E-state index in [1.807, 2.05) is 6.07 Å². The van der Waals surface area contributed by atoms with Crippen LogP contribution in [0.5, 0.6) is 0 Å². The number of hydrogen-bond donors (Lipinski definition) is 1. The molecule has 0 spiro atoms. The van der Waals surface area contributed by atoms with Crippen LogP contribution in [-0.4, -0.2) is 45.9 Å². The fraction of sp³-hybridized carbons (Fsp3) is 0.500. The molecule has 0 unspecified atom stereocenters. The molecule has 0 aliphatic heterocycles. The Balaban J connectivity index is 1.36. The van der Waals surface area contributed by atoms with E-state index >= 15 is 0 Å². The predicted molar refractivity (Wildman–Crippen MR) is 125 cm³/mol. The van der Waals surface area contributed by atoms with Crippen molar-refractivity contribution >= 4 is 10.9 Å². The van der Waals surface area contributed by atoms with Crippen molar-refractivity contribution in [2.24, 2.45) is 0 Å². The van der Waals surface area contributed by atoms with Gasteiger partial charge >= 0.3 is 0 Å². The van der Waals surface area contributed by atoms with Crippen molar-refractivity contribution in [3.05, 3.63) is 65.9 Å². The van der Waals surface area contributed by atoms with Crippen molar-refractivity contribution in [2.75, 3.05) is 20.1 Å². The molecule has 4 nitrogen and oxygen atoms in total. The molecule has 0 saturated heterocycles. The first kappa shape index (κ1) is 22.0. The summed E-state index contributed by atoms with van der Waals surface area (Å²) in [7, 11) is 2.29. The van der Waals surface area contributed by atoms with Gasteiger partial charge in [0.1, 0.15) is 0 Å². The van der Waals surface area contributed by atoms with Gasteiger partial charge in [0, 0.05) is 36.2 Å². The maximum atomic E-state index is 13.6. The number of H-pyrrole nitrogens is 1. The van der Waals surface area contributed by atoms with Gasteiger partial charge in [-0.25, -0.2) is 4.98 Å². The third kappa shape index (κ3) is 6.14. The maximum absolute atomic E-state index is 13.6. The first-order valence-corrected chi connectivity index (χ1v) is 11.8. The van der Waals surface area contributed by atoms with E-state index in [-0.39, 0.29) is 0 Å². The van der Waals surface area contributed by atoms with E-state index in [1.54, 1.807) is 6.07 Å². The average Bonchev–Trinajstić information content (AvgIpc) is 3.20. The fourth-order valence-electron chi connectivity index (χ4n) is 4.89. The molecule has 1 aliphatic carbocycles. The third-order valence-corrected chi connectivity index (χ3v) is 6.66. The van der Waals surface area contributed by atoms with E-state index in [1.165, 1.54) is 55.5 Å². The van der Waals surface area contributed by atoms with E-state index < -0.39 is 5.95 Å². The van der Waals surface area contributed by atoms with Gasteiger partial charge in [-0.2, -0.15) is 4.39 Å². The summed E-state index contributed by atoms with van der Waals surface area (Å²) < 4.78 is 13.6. The van der Waals surface area contributed by atoms with Crippen LogP contribution >= 0.6 is 0 Å². The van der Waals surface area contributed by atoms with Crippen molar-refractivity contribution < 1.29 is 4.39 Å². The van der Waals surface area contributed by atoms with Gasteiger partial charge in [-0.15, -0.1) is 0 Å². The number of nitrogens with zero attached hydrogens (tertiary/aromatic N) is 3. The number of para-hydroxylation sites is 1. The van der Waals surface area contributed by atoms with Crippen LogP contribution in [0.25, 0.3) is 10.9 Å². The zero-order valence-electron chi connectivity index (χ0n) is 18.7. The van der Waals surface area contributed by atoms with E-state index in [4.69, 9.17) is 0 Å². The van der Waals surface area contributed by atoms with Gasteiger partial charge < -0.3 is 9.88 Å². The highest BCUT2D eigenvalue weighted by atomic mass is 19.1. The molecule has 1 saturated carbocycles. The number of pyridine rings is 1. The Morgan fingerprint density at radius 2 is 1.77 bits per heavy atom. The van der Waals surface area contributed by atoms with E-state index in [0.29, 0.717) is 6.54 Å². The molecule has 2 heterocycles.